The minimum atomic E-state index is -0.0512. The van der Waals surface area contributed by atoms with Gasteiger partial charge < -0.3 is 9.88 Å². The lowest BCUT2D eigenvalue weighted by Gasteiger charge is -2.09. The van der Waals surface area contributed by atoms with Crippen LogP contribution in [0.5, 0.6) is 0 Å². The molecule has 1 amide bonds. The molecule has 7 heteroatoms. The standard InChI is InChI=1S/C21H25N5OS/c1-3-5-16-6-8-18(9-7-16)23-19(27)15-28-21-25-24-20(26(21)14-4-2)17-10-12-22-13-11-17/h6-13H,3-5,14-15H2,1-2H3,(H,23,27). The first-order valence-electron chi connectivity index (χ1n) is 9.56. The van der Waals surface area contributed by atoms with Crippen molar-refractivity contribution < 1.29 is 4.79 Å². The summed E-state index contributed by atoms with van der Waals surface area (Å²) in [6, 6.07) is 11.9. The summed E-state index contributed by atoms with van der Waals surface area (Å²) in [5.41, 5.74) is 3.07. The summed E-state index contributed by atoms with van der Waals surface area (Å²) < 4.78 is 2.06. The van der Waals surface area contributed by atoms with Crippen molar-refractivity contribution in [1.82, 2.24) is 19.7 Å². The van der Waals surface area contributed by atoms with Crippen molar-refractivity contribution in [3.63, 3.8) is 0 Å². The van der Waals surface area contributed by atoms with E-state index in [1.165, 1.54) is 17.3 Å². The average Bonchev–Trinajstić information content (AvgIpc) is 3.12. The molecular formula is C21H25N5OS. The highest BCUT2D eigenvalue weighted by molar-refractivity contribution is 7.99. The smallest absolute Gasteiger partial charge is 0.234 e. The first-order valence-corrected chi connectivity index (χ1v) is 10.5. The third kappa shape index (κ3) is 5.19. The summed E-state index contributed by atoms with van der Waals surface area (Å²) in [5, 5.41) is 12.3. The Morgan fingerprint density at radius 2 is 1.79 bits per heavy atom. The van der Waals surface area contributed by atoms with Gasteiger partial charge in [-0.2, -0.15) is 0 Å². The quantitative estimate of drug-likeness (QED) is 0.543. The van der Waals surface area contributed by atoms with Crippen LogP contribution in [0.4, 0.5) is 5.69 Å². The third-order valence-electron chi connectivity index (χ3n) is 4.21. The Labute approximate surface area is 169 Å². The van der Waals surface area contributed by atoms with Crippen molar-refractivity contribution in [3.05, 3.63) is 54.4 Å². The van der Waals surface area contributed by atoms with Crippen molar-refractivity contribution in [3.8, 4) is 11.4 Å². The molecule has 0 saturated carbocycles. The SMILES string of the molecule is CCCc1ccc(NC(=O)CSc2nnc(-c3ccncc3)n2CCC)cc1. The summed E-state index contributed by atoms with van der Waals surface area (Å²) >= 11 is 1.40. The second-order valence-electron chi connectivity index (χ2n) is 6.48. The topological polar surface area (TPSA) is 72.7 Å². The van der Waals surface area contributed by atoms with E-state index in [4.69, 9.17) is 0 Å². The van der Waals surface area contributed by atoms with E-state index in [2.05, 4.69) is 51.0 Å². The van der Waals surface area contributed by atoms with Crippen LogP contribution in [0.25, 0.3) is 11.4 Å². The van der Waals surface area contributed by atoms with Gasteiger partial charge >= 0.3 is 0 Å². The van der Waals surface area contributed by atoms with Crippen LogP contribution in [0.2, 0.25) is 0 Å². The van der Waals surface area contributed by atoms with Crippen molar-refractivity contribution in [2.45, 2.75) is 44.8 Å². The first-order chi connectivity index (χ1) is 13.7. The average molecular weight is 396 g/mol. The van der Waals surface area contributed by atoms with E-state index in [1.54, 1.807) is 12.4 Å². The van der Waals surface area contributed by atoms with E-state index in [0.29, 0.717) is 0 Å². The number of rotatable bonds is 9. The van der Waals surface area contributed by atoms with Gasteiger partial charge in [0.1, 0.15) is 0 Å². The number of thioether (sulfide) groups is 1. The van der Waals surface area contributed by atoms with Crippen LogP contribution in [0.1, 0.15) is 32.3 Å². The van der Waals surface area contributed by atoms with Gasteiger partial charge in [0.25, 0.3) is 0 Å². The minimum Gasteiger partial charge on any atom is -0.325 e. The molecule has 0 aliphatic heterocycles. The van der Waals surface area contributed by atoms with E-state index in [9.17, 15) is 4.79 Å². The fourth-order valence-corrected chi connectivity index (χ4v) is 3.67. The molecule has 28 heavy (non-hydrogen) atoms. The van der Waals surface area contributed by atoms with Gasteiger partial charge in [-0.25, -0.2) is 0 Å². The Kier molecular flexibility index (Phi) is 7.19. The molecule has 3 aromatic rings. The fraction of sp³-hybridized carbons (Fsp3) is 0.333. The monoisotopic (exact) mass is 395 g/mol. The number of benzene rings is 1. The Balaban J connectivity index is 1.63. The van der Waals surface area contributed by atoms with Gasteiger partial charge in [-0.3, -0.25) is 9.78 Å². The van der Waals surface area contributed by atoms with Gasteiger partial charge in [-0.1, -0.05) is 44.2 Å². The Morgan fingerprint density at radius 3 is 2.46 bits per heavy atom. The maximum atomic E-state index is 12.3. The lowest BCUT2D eigenvalue weighted by molar-refractivity contribution is -0.113. The summed E-state index contributed by atoms with van der Waals surface area (Å²) in [7, 11) is 0. The van der Waals surface area contributed by atoms with Crippen LogP contribution in [0, 0.1) is 0 Å². The molecule has 0 atom stereocenters. The second-order valence-corrected chi connectivity index (χ2v) is 7.42. The van der Waals surface area contributed by atoms with Gasteiger partial charge in [-0.05, 0) is 42.7 Å². The van der Waals surface area contributed by atoms with Crippen LogP contribution in [-0.2, 0) is 17.8 Å². The molecular weight excluding hydrogens is 370 g/mol. The van der Waals surface area contributed by atoms with Crippen molar-refractivity contribution in [2.75, 3.05) is 11.1 Å². The molecule has 2 heterocycles. The molecule has 0 spiro atoms. The number of pyridine rings is 1. The van der Waals surface area contributed by atoms with Crippen molar-refractivity contribution >= 4 is 23.4 Å². The molecule has 0 aliphatic carbocycles. The highest BCUT2D eigenvalue weighted by atomic mass is 32.2. The Morgan fingerprint density at radius 1 is 1.04 bits per heavy atom. The van der Waals surface area contributed by atoms with E-state index in [-0.39, 0.29) is 11.7 Å². The first kappa shape index (κ1) is 20.1. The minimum absolute atomic E-state index is 0.0512. The number of aryl methyl sites for hydroxylation is 1. The second kappa shape index (κ2) is 10.0. The number of hydrogen-bond donors (Lipinski definition) is 1. The lowest BCUT2D eigenvalue weighted by Crippen LogP contribution is -2.14. The molecule has 0 unspecified atom stereocenters. The normalized spacial score (nSPS) is 10.8. The highest BCUT2D eigenvalue weighted by Crippen LogP contribution is 2.24. The summed E-state index contributed by atoms with van der Waals surface area (Å²) in [6.07, 6.45) is 6.61. The van der Waals surface area contributed by atoms with Gasteiger partial charge in [0, 0.05) is 30.2 Å². The summed E-state index contributed by atoms with van der Waals surface area (Å²) in [5.74, 6) is 1.04. The van der Waals surface area contributed by atoms with Crippen LogP contribution in [0.15, 0.2) is 53.9 Å². The fourth-order valence-electron chi connectivity index (χ4n) is 2.91. The molecule has 1 aromatic carbocycles. The molecule has 0 fully saturated rings. The number of nitrogens with zero attached hydrogens (tertiary/aromatic N) is 4. The number of hydrogen-bond acceptors (Lipinski definition) is 5. The van der Waals surface area contributed by atoms with Gasteiger partial charge in [0.05, 0.1) is 5.75 Å². The predicted molar refractivity (Wildman–Crippen MR) is 113 cm³/mol. The summed E-state index contributed by atoms with van der Waals surface area (Å²) in [4.78, 5) is 16.4. The Bertz CT molecular complexity index is 893. The number of nitrogens with one attached hydrogen (secondary N) is 1. The van der Waals surface area contributed by atoms with Crippen LogP contribution < -0.4 is 5.32 Å². The summed E-state index contributed by atoms with van der Waals surface area (Å²) in [6.45, 7) is 5.07. The van der Waals surface area contributed by atoms with E-state index < -0.39 is 0 Å². The molecule has 0 aliphatic rings. The number of carbonyl (C=O) groups is 1. The number of aromatic nitrogens is 4. The molecule has 1 N–H and O–H groups in total. The van der Waals surface area contributed by atoms with Crippen LogP contribution >= 0.6 is 11.8 Å². The number of amides is 1. The largest absolute Gasteiger partial charge is 0.325 e. The third-order valence-corrected chi connectivity index (χ3v) is 5.18. The predicted octanol–water partition coefficient (Wildman–Crippen LogP) is 4.43. The maximum absolute atomic E-state index is 12.3. The molecule has 2 aromatic heterocycles. The zero-order valence-electron chi connectivity index (χ0n) is 16.3. The van der Waals surface area contributed by atoms with Crippen LogP contribution in [-0.4, -0.2) is 31.4 Å². The van der Waals surface area contributed by atoms with Gasteiger partial charge in [0.2, 0.25) is 5.91 Å². The molecule has 3 rings (SSSR count). The molecule has 0 bridgehead atoms. The molecule has 6 nitrogen and oxygen atoms in total. The molecule has 146 valence electrons. The number of anilines is 1. The molecule has 0 radical (unpaired) electrons. The number of carbonyl (C=O) groups excluding carboxylic acids is 1. The van der Waals surface area contributed by atoms with Crippen LogP contribution in [0.3, 0.4) is 0 Å². The zero-order valence-corrected chi connectivity index (χ0v) is 17.1. The van der Waals surface area contributed by atoms with Gasteiger partial charge in [-0.15, -0.1) is 10.2 Å². The van der Waals surface area contributed by atoms with Gasteiger partial charge in [0.15, 0.2) is 11.0 Å². The zero-order chi connectivity index (χ0) is 19.8. The van der Waals surface area contributed by atoms with E-state index >= 15 is 0 Å². The highest BCUT2D eigenvalue weighted by Gasteiger charge is 2.15. The van der Waals surface area contributed by atoms with Crippen molar-refractivity contribution in [2.24, 2.45) is 0 Å². The maximum Gasteiger partial charge on any atom is 0.234 e. The van der Waals surface area contributed by atoms with E-state index in [0.717, 1.165) is 48.0 Å². The van der Waals surface area contributed by atoms with Crippen molar-refractivity contribution in [1.29, 1.82) is 0 Å². The molecule has 0 saturated heterocycles. The Hall–Kier alpha value is -2.67. The van der Waals surface area contributed by atoms with E-state index in [1.807, 2.05) is 24.3 Å². The lowest BCUT2D eigenvalue weighted by atomic mass is 10.1.